The Hall–Kier alpha value is -3.09. The zero-order valence-corrected chi connectivity index (χ0v) is 21.4. The number of methoxy groups -OCH3 is 1. The van der Waals surface area contributed by atoms with Crippen LogP contribution in [0.2, 0.25) is 0 Å². The van der Waals surface area contributed by atoms with Crippen molar-refractivity contribution < 1.29 is 13.2 Å². The van der Waals surface area contributed by atoms with Crippen molar-refractivity contribution >= 4 is 15.7 Å². The van der Waals surface area contributed by atoms with Gasteiger partial charge in [0.1, 0.15) is 5.75 Å². The molecule has 0 spiro atoms. The second kappa shape index (κ2) is 11.1. The molecule has 6 heteroatoms. The standard InChI is InChI=1S/C29H34N2O3S/c1-23(9-11-25-7-5-4-6-8-25)21-26-12-14-27(15-13-26)35(32,33)31-19-17-30(18-20-31)28-22-24(2)10-16-29(28)34-3/h4-8,10,12-16,22H,1,9,11,17-21H2,2-3H3. The second-order valence-electron chi connectivity index (χ2n) is 9.12. The van der Waals surface area contributed by atoms with E-state index >= 15 is 0 Å². The number of aryl methyl sites for hydroxylation is 2. The summed E-state index contributed by atoms with van der Waals surface area (Å²) in [5, 5.41) is 0. The van der Waals surface area contributed by atoms with E-state index in [1.165, 1.54) is 5.56 Å². The molecule has 4 rings (SSSR count). The summed E-state index contributed by atoms with van der Waals surface area (Å²) in [5.41, 5.74) is 5.70. The van der Waals surface area contributed by atoms with E-state index in [0.717, 1.165) is 47.4 Å². The zero-order valence-electron chi connectivity index (χ0n) is 20.6. The van der Waals surface area contributed by atoms with Crippen molar-refractivity contribution in [2.75, 3.05) is 38.2 Å². The van der Waals surface area contributed by atoms with E-state index in [1.807, 2.05) is 37.3 Å². The first-order valence-electron chi connectivity index (χ1n) is 12.1. The first kappa shape index (κ1) is 25.0. The fraction of sp³-hybridized carbons (Fsp3) is 0.310. The van der Waals surface area contributed by atoms with Crippen LogP contribution in [0, 0.1) is 6.92 Å². The van der Waals surface area contributed by atoms with Gasteiger partial charge in [-0.25, -0.2) is 8.42 Å². The highest BCUT2D eigenvalue weighted by Gasteiger charge is 2.29. The van der Waals surface area contributed by atoms with E-state index in [1.54, 1.807) is 23.5 Å². The topological polar surface area (TPSA) is 49.9 Å². The van der Waals surface area contributed by atoms with Crippen molar-refractivity contribution in [2.24, 2.45) is 0 Å². The van der Waals surface area contributed by atoms with Gasteiger partial charge in [-0.2, -0.15) is 4.31 Å². The predicted octanol–water partition coefficient (Wildman–Crippen LogP) is 5.25. The smallest absolute Gasteiger partial charge is 0.243 e. The van der Waals surface area contributed by atoms with Crippen LogP contribution in [0.4, 0.5) is 5.69 Å². The van der Waals surface area contributed by atoms with Gasteiger partial charge in [0, 0.05) is 26.2 Å². The highest BCUT2D eigenvalue weighted by Crippen LogP contribution is 2.31. The van der Waals surface area contributed by atoms with Crippen LogP contribution >= 0.6 is 0 Å². The minimum Gasteiger partial charge on any atom is -0.495 e. The molecule has 0 amide bonds. The van der Waals surface area contributed by atoms with Gasteiger partial charge in [0.05, 0.1) is 17.7 Å². The number of hydrogen-bond donors (Lipinski definition) is 0. The number of nitrogens with zero attached hydrogens (tertiary/aromatic N) is 2. The maximum Gasteiger partial charge on any atom is 0.243 e. The third-order valence-corrected chi connectivity index (χ3v) is 8.45. The lowest BCUT2D eigenvalue weighted by atomic mass is 10.00. The molecule has 1 fully saturated rings. The van der Waals surface area contributed by atoms with Crippen LogP contribution in [0.25, 0.3) is 0 Å². The molecule has 0 N–H and O–H groups in total. The molecule has 1 aliphatic rings. The monoisotopic (exact) mass is 490 g/mol. The molecular formula is C29H34N2O3S. The Balaban J connectivity index is 1.34. The number of piperazine rings is 1. The molecule has 0 radical (unpaired) electrons. The minimum atomic E-state index is -3.53. The van der Waals surface area contributed by atoms with Crippen molar-refractivity contribution in [3.63, 3.8) is 0 Å². The van der Waals surface area contributed by atoms with Crippen molar-refractivity contribution in [1.82, 2.24) is 4.31 Å². The van der Waals surface area contributed by atoms with Crippen LogP contribution in [0.3, 0.4) is 0 Å². The van der Waals surface area contributed by atoms with Crippen molar-refractivity contribution in [1.29, 1.82) is 0 Å². The summed E-state index contributed by atoms with van der Waals surface area (Å²) in [5.74, 6) is 0.813. The third-order valence-electron chi connectivity index (χ3n) is 6.54. The van der Waals surface area contributed by atoms with Gasteiger partial charge in [0.25, 0.3) is 0 Å². The van der Waals surface area contributed by atoms with E-state index < -0.39 is 10.0 Å². The fourth-order valence-electron chi connectivity index (χ4n) is 4.49. The van der Waals surface area contributed by atoms with Gasteiger partial charge in [-0.3, -0.25) is 0 Å². The SMILES string of the molecule is C=C(CCc1ccccc1)Cc1ccc(S(=O)(=O)N2CCN(c3cc(C)ccc3OC)CC2)cc1. The number of benzene rings is 3. The van der Waals surface area contributed by atoms with E-state index in [-0.39, 0.29) is 0 Å². The average molecular weight is 491 g/mol. The molecule has 0 saturated carbocycles. The molecule has 1 heterocycles. The average Bonchev–Trinajstić information content (AvgIpc) is 2.88. The number of sulfonamides is 1. The summed E-state index contributed by atoms with van der Waals surface area (Å²) in [6.07, 6.45) is 2.64. The molecule has 0 aliphatic carbocycles. The third kappa shape index (κ3) is 6.13. The first-order valence-corrected chi connectivity index (χ1v) is 13.5. The van der Waals surface area contributed by atoms with Crippen LogP contribution in [0.15, 0.2) is 89.8 Å². The van der Waals surface area contributed by atoms with Crippen molar-refractivity contribution in [2.45, 2.75) is 31.1 Å². The van der Waals surface area contributed by atoms with Gasteiger partial charge in [0.15, 0.2) is 0 Å². The molecule has 1 aliphatic heterocycles. The maximum absolute atomic E-state index is 13.3. The summed E-state index contributed by atoms with van der Waals surface area (Å²) in [7, 11) is -1.87. The predicted molar refractivity (Wildman–Crippen MR) is 143 cm³/mol. The van der Waals surface area contributed by atoms with Crippen LogP contribution in [-0.4, -0.2) is 46.0 Å². The summed E-state index contributed by atoms with van der Waals surface area (Å²) < 4.78 is 33.6. The fourth-order valence-corrected chi connectivity index (χ4v) is 5.91. The lowest BCUT2D eigenvalue weighted by molar-refractivity contribution is 0.378. The van der Waals surface area contributed by atoms with Crippen molar-refractivity contribution in [3.05, 3.63) is 102 Å². The summed E-state index contributed by atoms with van der Waals surface area (Å²) in [6.45, 7) is 8.40. The Morgan fingerprint density at radius 3 is 2.26 bits per heavy atom. The number of hydrogen-bond acceptors (Lipinski definition) is 4. The van der Waals surface area contributed by atoms with Gasteiger partial charge in [-0.05, 0) is 67.1 Å². The summed E-state index contributed by atoms with van der Waals surface area (Å²) in [6, 6.07) is 23.7. The van der Waals surface area contributed by atoms with E-state index in [2.05, 4.69) is 41.8 Å². The normalized spacial score (nSPS) is 14.6. The quantitative estimate of drug-likeness (QED) is 0.385. The molecule has 3 aromatic carbocycles. The first-order chi connectivity index (χ1) is 16.9. The maximum atomic E-state index is 13.3. The highest BCUT2D eigenvalue weighted by molar-refractivity contribution is 7.89. The molecular weight excluding hydrogens is 456 g/mol. The Labute approximate surface area is 209 Å². The van der Waals surface area contributed by atoms with Gasteiger partial charge < -0.3 is 9.64 Å². The van der Waals surface area contributed by atoms with Crippen LogP contribution in [0.5, 0.6) is 5.75 Å². The molecule has 5 nitrogen and oxygen atoms in total. The molecule has 35 heavy (non-hydrogen) atoms. The number of rotatable bonds is 9. The number of allylic oxidation sites excluding steroid dienone is 1. The Morgan fingerprint density at radius 1 is 0.914 bits per heavy atom. The molecule has 0 bridgehead atoms. The summed E-state index contributed by atoms with van der Waals surface area (Å²) >= 11 is 0. The highest BCUT2D eigenvalue weighted by atomic mass is 32.2. The van der Waals surface area contributed by atoms with Crippen LogP contribution in [0.1, 0.15) is 23.1 Å². The van der Waals surface area contributed by atoms with Gasteiger partial charge in [0.2, 0.25) is 10.0 Å². The molecule has 0 unspecified atom stereocenters. The minimum absolute atomic E-state index is 0.345. The lowest BCUT2D eigenvalue weighted by Crippen LogP contribution is -2.48. The van der Waals surface area contributed by atoms with E-state index in [4.69, 9.17) is 4.74 Å². The molecule has 184 valence electrons. The van der Waals surface area contributed by atoms with E-state index in [0.29, 0.717) is 31.1 Å². The van der Waals surface area contributed by atoms with Crippen LogP contribution < -0.4 is 9.64 Å². The zero-order chi connectivity index (χ0) is 24.8. The number of anilines is 1. The van der Waals surface area contributed by atoms with Gasteiger partial charge in [-0.1, -0.05) is 60.7 Å². The molecule has 3 aromatic rings. The lowest BCUT2D eigenvalue weighted by Gasteiger charge is -2.36. The Morgan fingerprint density at radius 2 is 1.60 bits per heavy atom. The molecule has 1 saturated heterocycles. The van der Waals surface area contributed by atoms with Crippen molar-refractivity contribution in [3.8, 4) is 5.75 Å². The molecule has 0 aromatic heterocycles. The van der Waals surface area contributed by atoms with Gasteiger partial charge in [-0.15, -0.1) is 0 Å². The summed E-state index contributed by atoms with van der Waals surface area (Å²) in [4.78, 5) is 2.54. The Kier molecular flexibility index (Phi) is 7.93. The molecule has 0 atom stereocenters. The second-order valence-corrected chi connectivity index (χ2v) is 11.1. The largest absolute Gasteiger partial charge is 0.495 e. The van der Waals surface area contributed by atoms with Gasteiger partial charge >= 0.3 is 0 Å². The van der Waals surface area contributed by atoms with Crippen LogP contribution in [-0.2, 0) is 22.9 Å². The van der Waals surface area contributed by atoms with E-state index in [9.17, 15) is 8.42 Å². The Bertz CT molecular complexity index is 1250. The number of ether oxygens (including phenoxy) is 1.